The Balaban J connectivity index is 1.47. The van der Waals surface area contributed by atoms with E-state index in [1.54, 1.807) is 49.4 Å². The second-order valence-electron chi connectivity index (χ2n) is 7.76. The third-order valence-electron chi connectivity index (χ3n) is 5.38. The van der Waals surface area contributed by atoms with Crippen LogP contribution in [0.2, 0.25) is 5.02 Å². The predicted molar refractivity (Wildman–Crippen MR) is 134 cm³/mol. The van der Waals surface area contributed by atoms with Crippen molar-refractivity contribution in [2.75, 3.05) is 16.8 Å². The highest BCUT2D eigenvalue weighted by molar-refractivity contribution is 6.53. The van der Waals surface area contributed by atoms with E-state index in [2.05, 4.69) is 10.6 Å². The highest BCUT2D eigenvalue weighted by atomic mass is 35.5. The highest BCUT2D eigenvalue weighted by Crippen LogP contribution is 2.33. The first kappa shape index (κ1) is 23.5. The molecule has 0 atom stereocenters. The number of aryl methyl sites for hydroxylation is 1. The third-order valence-corrected chi connectivity index (χ3v) is 5.96. The molecule has 3 aromatic rings. The summed E-state index contributed by atoms with van der Waals surface area (Å²) in [6, 6.07) is 21.4. The van der Waals surface area contributed by atoms with Crippen LogP contribution in [0.1, 0.15) is 21.5 Å². The van der Waals surface area contributed by atoms with Gasteiger partial charge >= 0.3 is 0 Å². The van der Waals surface area contributed by atoms with Gasteiger partial charge in [0.05, 0.1) is 5.69 Å². The number of hydrogen-bond acceptors (Lipinski definition) is 4. The molecular formula is C26H21Cl2N3O3. The maximum Gasteiger partial charge on any atom is 0.283 e. The lowest BCUT2D eigenvalue weighted by atomic mass is 10.1. The van der Waals surface area contributed by atoms with Crippen molar-refractivity contribution in [2.45, 2.75) is 13.3 Å². The van der Waals surface area contributed by atoms with Crippen molar-refractivity contribution >= 4 is 52.3 Å². The zero-order chi connectivity index (χ0) is 24.2. The molecule has 0 unspecified atom stereocenters. The Morgan fingerprint density at radius 1 is 0.912 bits per heavy atom. The Bertz CT molecular complexity index is 1310. The van der Waals surface area contributed by atoms with Crippen LogP contribution in [0.5, 0.6) is 0 Å². The second-order valence-corrected chi connectivity index (χ2v) is 8.58. The van der Waals surface area contributed by atoms with Crippen molar-refractivity contribution in [3.05, 3.63) is 105 Å². The van der Waals surface area contributed by atoms with Gasteiger partial charge in [0.25, 0.3) is 17.7 Å². The van der Waals surface area contributed by atoms with Crippen LogP contribution in [0.4, 0.5) is 11.4 Å². The van der Waals surface area contributed by atoms with Gasteiger partial charge in [-0.25, -0.2) is 4.90 Å². The fraction of sp³-hybridized carbons (Fsp3) is 0.115. The van der Waals surface area contributed by atoms with Crippen LogP contribution in [0, 0.1) is 6.92 Å². The van der Waals surface area contributed by atoms with Crippen molar-refractivity contribution < 1.29 is 14.4 Å². The van der Waals surface area contributed by atoms with Gasteiger partial charge in [0.1, 0.15) is 10.7 Å². The second kappa shape index (κ2) is 10.1. The van der Waals surface area contributed by atoms with Gasteiger partial charge in [0.2, 0.25) is 0 Å². The summed E-state index contributed by atoms with van der Waals surface area (Å²) in [6.07, 6.45) is 0.711. The zero-order valence-electron chi connectivity index (χ0n) is 18.3. The molecule has 3 amide bonds. The van der Waals surface area contributed by atoms with Crippen LogP contribution in [0.25, 0.3) is 0 Å². The van der Waals surface area contributed by atoms with Crippen molar-refractivity contribution in [3.8, 4) is 0 Å². The van der Waals surface area contributed by atoms with Gasteiger partial charge in [-0.3, -0.25) is 14.4 Å². The minimum absolute atomic E-state index is 0.0623. The fourth-order valence-corrected chi connectivity index (χ4v) is 3.98. The number of rotatable bonds is 7. The average Bonchev–Trinajstić information content (AvgIpc) is 3.04. The molecule has 0 aromatic heterocycles. The predicted octanol–water partition coefficient (Wildman–Crippen LogP) is 5.06. The van der Waals surface area contributed by atoms with E-state index in [0.717, 1.165) is 10.5 Å². The molecule has 0 saturated heterocycles. The molecule has 1 aliphatic heterocycles. The number of anilines is 2. The van der Waals surface area contributed by atoms with E-state index in [-0.39, 0.29) is 16.6 Å². The SMILES string of the molecule is Cc1ccc(Cl)cc1N1C(=O)C(Cl)=C(Nc2cccc(C(=O)NCCc3ccccc3)c2)C1=O. The first-order valence-electron chi connectivity index (χ1n) is 10.6. The van der Waals surface area contributed by atoms with E-state index in [9.17, 15) is 14.4 Å². The molecule has 8 heteroatoms. The van der Waals surface area contributed by atoms with Crippen LogP contribution in [-0.4, -0.2) is 24.3 Å². The number of carbonyl (C=O) groups excluding carboxylic acids is 3. The van der Waals surface area contributed by atoms with E-state index in [1.165, 1.54) is 0 Å². The summed E-state index contributed by atoms with van der Waals surface area (Å²) in [5, 5.41) is 5.95. The largest absolute Gasteiger partial charge is 0.352 e. The van der Waals surface area contributed by atoms with Gasteiger partial charge in [-0.1, -0.05) is 65.7 Å². The molecule has 34 heavy (non-hydrogen) atoms. The van der Waals surface area contributed by atoms with Crippen molar-refractivity contribution in [1.29, 1.82) is 0 Å². The first-order chi connectivity index (χ1) is 16.3. The Kier molecular flexibility index (Phi) is 7.01. The fourth-order valence-electron chi connectivity index (χ4n) is 3.60. The third kappa shape index (κ3) is 4.98. The van der Waals surface area contributed by atoms with Gasteiger partial charge in [0, 0.05) is 22.8 Å². The Morgan fingerprint density at radius 3 is 2.44 bits per heavy atom. The Labute approximate surface area is 207 Å². The average molecular weight is 494 g/mol. The normalized spacial score (nSPS) is 13.4. The summed E-state index contributed by atoms with van der Waals surface area (Å²) in [6.45, 7) is 2.25. The molecule has 1 aliphatic rings. The van der Waals surface area contributed by atoms with E-state index in [0.29, 0.717) is 40.5 Å². The molecule has 2 N–H and O–H groups in total. The maximum absolute atomic E-state index is 13.1. The van der Waals surface area contributed by atoms with Crippen molar-refractivity contribution in [3.63, 3.8) is 0 Å². The van der Waals surface area contributed by atoms with Gasteiger partial charge in [-0.15, -0.1) is 0 Å². The summed E-state index contributed by atoms with van der Waals surface area (Å²) in [5.74, 6) is -1.49. The lowest BCUT2D eigenvalue weighted by molar-refractivity contribution is -0.120. The van der Waals surface area contributed by atoms with Crippen LogP contribution in [0.3, 0.4) is 0 Å². The molecule has 0 spiro atoms. The summed E-state index contributed by atoms with van der Waals surface area (Å²) in [5.41, 5.74) is 3.00. The van der Waals surface area contributed by atoms with Crippen LogP contribution >= 0.6 is 23.2 Å². The summed E-state index contributed by atoms with van der Waals surface area (Å²) in [4.78, 5) is 39.4. The zero-order valence-corrected chi connectivity index (χ0v) is 19.8. The smallest absolute Gasteiger partial charge is 0.283 e. The van der Waals surface area contributed by atoms with E-state index >= 15 is 0 Å². The maximum atomic E-state index is 13.1. The van der Waals surface area contributed by atoms with Crippen molar-refractivity contribution in [2.24, 2.45) is 0 Å². The van der Waals surface area contributed by atoms with Gasteiger partial charge in [0.15, 0.2) is 0 Å². The van der Waals surface area contributed by atoms with Crippen molar-refractivity contribution in [1.82, 2.24) is 5.32 Å². The molecule has 0 bridgehead atoms. The molecule has 6 nitrogen and oxygen atoms in total. The minimum Gasteiger partial charge on any atom is -0.352 e. The van der Waals surface area contributed by atoms with Gasteiger partial charge < -0.3 is 10.6 Å². The Hall–Kier alpha value is -3.61. The number of imide groups is 1. The molecule has 3 aromatic carbocycles. The van der Waals surface area contributed by atoms with E-state index < -0.39 is 11.8 Å². The number of amides is 3. The Morgan fingerprint density at radius 2 is 1.68 bits per heavy atom. The number of nitrogens with zero attached hydrogens (tertiary/aromatic N) is 1. The van der Waals surface area contributed by atoms with E-state index in [1.807, 2.05) is 30.3 Å². The van der Waals surface area contributed by atoms with E-state index in [4.69, 9.17) is 23.2 Å². The number of hydrogen-bond donors (Lipinski definition) is 2. The molecule has 0 fully saturated rings. The number of carbonyl (C=O) groups is 3. The molecule has 0 radical (unpaired) electrons. The van der Waals surface area contributed by atoms with Gasteiger partial charge in [-0.05, 0) is 54.8 Å². The molecule has 4 rings (SSSR count). The number of nitrogens with one attached hydrogen (secondary N) is 2. The summed E-state index contributed by atoms with van der Waals surface area (Å²) in [7, 11) is 0. The summed E-state index contributed by atoms with van der Waals surface area (Å²) < 4.78 is 0. The molecular weight excluding hydrogens is 473 g/mol. The van der Waals surface area contributed by atoms with Crippen LogP contribution < -0.4 is 15.5 Å². The van der Waals surface area contributed by atoms with Gasteiger partial charge in [-0.2, -0.15) is 0 Å². The molecule has 1 heterocycles. The molecule has 0 saturated carbocycles. The highest BCUT2D eigenvalue weighted by Gasteiger charge is 2.39. The lowest BCUT2D eigenvalue weighted by Crippen LogP contribution is -2.32. The lowest BCUT2D eigenvalue weighted by Gasteiger charge is -2.18. The van der Waals surface area contributed by atoms with Crippen LogP contribution in [-0.2, 0) is 16.0 Å². The topological polar surface area (TPSA) is 78.5 Å². The quantitative estimate of drug-likeness (QED) is 0.451. The summed E-state index contributed by atoms with van der Waals surface area (Å²) >= 11 is 12.3. The first-order valence-corrected chi connectivity index (χ1v) is 11.3. The number of halogens is 2. The minimum atomic E-state index is -0.644. The molecule has 0 aliphatic carbocycles. The standard InChI is InChI=1S/C26H21Cl2N3O3/c1-16-10-11-19(27)15-21(16)31-25(33)22(28)23(26(31)34)30-20-9-5-8-18(14-20)24(32)29-13-12-17-6-3-2-4-7-17/h2-11,14-15,30H,12-13H2,1H3,(H,29,32). The molecule has 172 valence electrons. The monoisotopic (exact) mass is 493 g/mol. The van der Waals surface area contributed by atoms with Crippen LogP contribution in [0.15, 0.2) is 83.5 Å². The number of benzene rings is 3.